The van der Waals surface area contributed by atoms with E-state index in [1.807, 2.05) is 56.3 Å². The van der Waals surface area contributed by atoms with Crippen LogP contribution in [0.5, 0.6) is 0 Å². The van der Waals surface area contributed by atoms with E-state index in [1.54, 1.807) is 41.3 Å². The minimum atomic E-state index is -0.573. The lowest BCUT2D eigenvalue weighted by Crippen LogP contribution is -2.53. The van der Waals surface area contributed by atoms with Crippen LogP contribution in [0.1, 0.15) is 76.9 Å². The maximum atomic E-state index is 14.5. The Balaban J connectivity index is 0.774. The Kier molecular flexibility index (Phi) is 15.0. The van der Waals surface area contributed by atoms with Crippen LogP contribution >= 0.6 is 34.3 Å². The average molecular weight is 950 g/mol. The van der Waals surface area contributed by atoms with E-state index in [1.165, 1.54) is 39.7 Å². The summed E-state index contributed by atoms with van der Waals surface area (Å²) in [5.74, 6) is -2.90. The number of hydrogen-bond donors (Lipinski definition) is 0. The van der Waals surface area contributed by atoms with Crippen LogP contribution in [0.4, 0.5) is 14.7 Å². The summed E-state index contributed by atoms with van der Waals surface area (Å²) < 4.78 is 19.9. The molecule has 0 atom stereocenters. The van der Waals surface area contributed by atoms with Crippen molar-refractivity contribution < 1.29 is 28.3 Å². The highest BCUT2D eigenvalue weighted by Crippen LogP contribution is 2.34. The minimum Gasteiger partial charge on any atom is -0.393 e. The first kappa shape index (κ1) is 46.7. The van der Waals surface area contributed by atoms with Gasteiger partial charge in [-0.1, -0.05) is 122 Å². The standard InChI is InChI=1S/C49H50ClFN8O5S2/c1-4-6-22-58(44(60)38-12-8-10-14-40(38)50)48-54-52-42(65-48)33-18-16-32(17-19-33)25-56-27-36(28-56)46(62)64-47(63)37-29-57(30-37)26-35-21-20-34(24-31(35)3)43-53-55-49(66-43)59(23-7-5-2)45(61)39-13-9-11-15-41(39)51/h8-21,24,36-37H,4-7,22-23,25-30H2,1-3H3. The number of unbranched alkanes of at least 4 members (excludes halogenated alkanes) is 2. The number of ether oxygens (including phenoxy) is 1. The second-order valence-electron chi connectivity index (χ2n) is 16.7. The van der Waals surface area contributed by atoms with Crippen LogP contribution < -0.4 is 9.80 Å². The van der Waals surface area contributed by atoms with Crippen LogP contribution in [0, 0.1) is 24.6 Å². The summed E-state index contributed by atoms with van der Waals surface area (Å²) in [5, 5.41) is 20.2. The third-order valence-electron chi connectivity index (χ3n) is 11.8. The summed E-state index contributed by atoms with van der Waals surface area (Å²) in [4.78, 5) is 60.1. The van der Waals surface area contributed by atoms with Gasteiger partial charge in [0.15, 0.2) is 0 Å². The number of anilines is 2. The van der Waals surface area contributed by atoms with Crippen LogP contribution in [-0.4, -0.2) is 93.2 Å². The third kappa shape index (κ3) is 10.7. The van der Waals surface area contributed by atoms with Gasteiger partial charge in [0.1, 0.15) is 15.8 Å². The van der Waals surface area contributed by atoms with Crippen LogP contribution in [0.2, 0.25) is 5.02 Å². The zero-order chi connectivity index (χ0) is 46.3. The lowest BCUT2D eigenvalue weighted by Gasteiger charge is -2.39. The maximum Gasteiger partial charge on any atom is 0.319 e. The van der Waals surface area contributed by atoms with Gasteiger partial charge in [-0.2, -0.15) is 0 Å². The number of amides is 2. The van der Waals surface area contributed by atoms with E-state index in [0.29, 0.717) is 83.2 Å². The average Bonchev–Trinajstić information content (AvgIpc) is 3.98. The van der Waals surface area contributed by atoms with Crippen molar-refractivity contribution in [2.75, 3.05) is 49.1 Å². The number of hydrogen-bond acceptors (Lipinski definition) is 13. The molecule has 8 rings (SSSR count). The van der Waals surface area contributed by atoms with Gasteiger partial charge in [-0.25, -0.2) is 4.39 Å². The highest BCUT2D eigenvalue weighted by molar-refractivity contribution is 7.19. The van der Waals surface area contributed by atoms with Gasteiger partial charge >= 0.3 is 11.9 Å². The number of benzene rings is 4. The molecule has 0 aliphatic carbocycles. The first-order valence-electron chi connectivity index (χ1n) is 22.2. The Hall–Kier alpha value is -5.78. The molecule has 6 aromatic rings. The van der Waals surface area contributed by atoms with Crippen LogP contribution in [0.25, 0.3) is 21.1 Å². The van der Waals surface area contributed by atoms with Crippen molar-refractivity contribution in [3.8, 4) is 21.1 Å². The Labute approximate surface area is 396 Å². The Morgan fingerprint density at radius 3 is 1.76 bits per heavy atom. The molecule has 4 aromatic carbocycles. The molecule has 2 amide bonds. The van der Waals surface area contributed by atoms with Gasteiger partial charge in [-0.3, -0.25) is 38.8 Å². The summed E-state index contributed by atoms with van der Waals surface area (Å²) in [6.45, 7) is 10.3. The summed E-state index contributed by atoms with van der Waals surface area (Å²) in [7, 11) is 0. The molecule has 0 N–H and O–H groups in total. The lowest BCUT2D eigenvalue weighted by atomic mass is 9.97. The minimum absolute atomic E-state index is 0.000500. The monoisotopic (exact) mass is 948 g/mol. The number of aryl methyl sites for hydroxylation is 1. The lowest BCUT2D eigenvalue weighted by molar-refractivity contribution is -0.172. The van der Waals surface area contributed by atoms with Gasteiger partial charge in [0.2, 0.25) is 10.3 Å². The smallest absolute Gasteiger partial charge is 0.319 e. The second kappa shape index (κ2) is 21.2. The molecule has 13 nitrogen and oxygen atoms in total. The molecule has 2 fully saturated rings. The van der Waals surface area contributed by atoms with E-state index in [0.717, 1.165) is 53.5 Å². The molecule has 66 heavy (non-hydrogen) atoms. The zero-order valence-electron chi connectivity index (χ0n) is 37.0. The Bertz CT molecular complexity index is 2700. The highest BCUT2D eigenvalue weighted by Gasteiger charge is 2.39. The van der Waals surface area contributed by atoms with E-state index in [2.05, 4.69) is 37.1 Å². The van der Waals surface area contributed by atoms with E-state index in [4.69, 9.17) is 16.3 Å². The van der Waals surface area contributed by atoms with Gasteiger partial charge in [0.25, 0.3) is 11.8 Å². The SMILES string of the molecule is CCCCN(C(=O)c1ccccc1F)c1nnc(-c2ccc(CN3CC(C(=O)OC(=O)C4CN(Cc5ccc(-c6nnc(N(CCCC)C(=O)c7ccccc7Cl)s6)cc5)C4)C3)c(C)c2)s1. The number of likely N-dealkylation sites (tertiary alicyclic amines) is 2. The van der Waals surface area contributed by atoms with E-state index < -0.39 is 23.7 Å². The molecule has 17 heteroatoms. The predicted octanol–water partition coefficient (Wildman–Crippen LogP) is 9.35. The van der Waals surface area contributed by atoms with E-state index >= 15 is 0 Å². The largest absolute Gasteiger partial charge is 0.393 e. The van der Waals surface area contributed by atoms with Crippen LogP contribution in [-0.2, 0) is 27.4 Å². The van der Waals surface area contributed by atoms with E-state index in [9.17, 15) is 23.6 Å². The molecule has 4 heterocycles. The molecule has 0 saturated carbocycles. The molecule has 2 saturated heterocycles. The first-order chi connectivity index (χ1) is 32.0. The Morgan fingerprint density at radius 1 is 0.682 bits per heavy atom. The van der Waals surface area contributed by atoms with E-state index in [-0.39, 0.29) is 23.3 Å². The molecule has 0 bridgehead atoms. The predicted molar refractivity (Wildman–Crippen MR) is 255 cm³/mol. The van der Waals surface area contributed by atoms with Gasteiger partial charge in [-0.15, -0.1) is 20.4 Å². The summed E-state index contributed by atoms with van der Waals surface area (Å²) in [5.41, 5.74) is 5.38. The van der Waals surface area contributed by atoms with Crippen molar-refractivity contribution in [1.29, 1.82) is 0 Å². The normalized spacial score (nSPS) is 14.4. The number of halogens is 2. The molecular weight excluding hydrogens is 899 g/mol. The van der Waals surface area contributed by atoms with Crippen LogP contribution in [0.3, 0.4) is 0 Å². The summed E-state index contributed by atoms with van der Waals surface area (Å²) in [6.07, 6.45) is 3.33. The van der Waals surface area contributed by atoms with Gasteiger partial charge < -0.3 is 4.74 Å². The van der Waals surface area contributed by atoms with Crippen molar-refractivity contribution in [1.82, 2.24) is 30.2 Å². The molecule has 0 unspecified atom stereocenters. The molecular formula is C49H50ClFN8O5S2. The fourth-order valence-corrected chi connectivity index (χ4v) is 9.82. The fraction of sp³-hybridized carbons (Fsp3) is 0.347. The summed E-state index contributed by atoms with van der Waals surface area (Å²) >= 11 is 9.00. The maximum absolute atomic E-state index is 14.5. The van der Waals surface area contributed by atoms with Crippen molar-refractivity contribution in [2.24, 2.45) is 11.8 Å². The molecule has 342 valence electrons. The molecule has 2 aliphatic rings. The van der Waals surface area contributed by atoms with Gasteiger partial charge in [-0.05, 0) is 66.8 Å². The second-order valence-corrected chi connectivity index (χ2v) is 19.0. The Morgan fingerprint density at radius 2 is 1.20 bits per heavy atom. The van der Waals surface area contributed by atoms with Crippen molar-refractivity contribution >= 4 is 68.3 Å². The van der Waals surface area contributed by atoms with Crippen molar-refractivity contribution in [2.45, 2.75) is 59.5 Å². The van der Waals surface area contributed by atoms with Crippen molar-refractivity contribution in [3.63, 3.8) is 0 Å². The highest BCUT2D eigenvalue weighted by atomic mass is 35.5. The summed E-state index contributed by atoms with van der Waals surface area (Å²) in [6, 6.07) is 27.0. The topological polar surface area (TPSA) is 142 Å². The molecule has 2 aromatic heterocycles. The van der Waals surface area contributed by atoms with Crippen LogP contribution in [0.15, 0.2) is 91.0 Å². The van der Waals surface area contributed by atoms with Gasteiger partial charge in [0.05, 0.1) is 28.0 Å². The first-order valence-corrected chi connectivity index (χ1v) is 24.2. The third-order valence-corrected chi connectivity index (χ3v) is 14.2. The molecule has 0 spiro atoms. The number of rotatable bonds is 18. The quantitative estimate of drug-likeness (QED) is 0.0601. The number of carbonyl (C=O) groups excluding carboxylic acids is 4. The molecule has 0 radical (unpaired) electrons. The van der Waals surface area contributed by atoms with Gasteiger partial charge in [0, 0.05) is 63.5 Å². The number of nitrogens with zero attached hydrogens (tertiary/aromatic N) is 8. The molecule has 2 aliphatic heterocycles. The fourth-order valence-electron chi connectivity index (χ4n) is 7.86. The van der Waals surface area contributed by atoms with Crippen molar-refractivity contribution in [3.05, 3.63) is 130 Å². The number of carbonyl (C=O) groups is 4. The zero-order valence-corrected chi connectivity index (χ0v) is 39.4. The number of aromatic nitrogens is 4. The number of esters is 2.